The van der Waals surface area contributed by atoms with Crippen LogP contribution in [0.1, 0.15) is 19.3 Å². The molecule has 1 aliphatic carbocycles. The van der Waals surface area contributed by atoms with Gasteiger partial charge in [0.1, 0.15) is 0 Å². The predicted octanol–water partition coefficient (Wildman–Crippen LogP) is -0.785. The fourth-order valence-corrected chi connectivity index (χ4v) is 1.55. The summed E-state index contributed by atoms with van der Waals surface area (Å²) in [5, 5.41) is 22.6. The summed E-state index contributed by atoms with van der Waals surface area (Å²) >= 11 is 0. The van der Waals surface area contributed by atoms with Crippen molar-refractivity contribution in [2.24, 2.45) is 0 Å². The van der Waals surface area contributed by atoms with Crippen LogP contribution in [0.3, 0.4) is 0 Å². The van der Waals surface area contributed by atoms with Crippen molar-refractivity contribution in [1.82, 2.24) is 15.5 Å². The van der Waals surface area contributed by atoms with Gasteiger partial charge in [-0.25, -0.2) is 9.59 Å². The molecule has 1 aliphatic rings. The summed E-state index contributed by atoms with van der Waals surface area (Å²) < 4.78 is 0. The van der Waals surface area contributed by atoms with Gasteiger partial charge in [0, 0.05) is 32.1 Å². The molecule has 0 aromatic heterocycles. The number of carboxylic acids is 1. The first-order chi connectivity index (χ1) is 8.50. The maximum Gasteiger partial charge on any atom is 0.332 e. The molecule has 0 bridgehead atoms. The van der Waals surface area contributed by atoms with Crippen molar-refractivity contribution in [3.63, 3.8) is 0 Å². The Morgan fingerprint density at radius 1 is 1.33 bits per heavy atom. The zero-order valence-corrected chi connectivity index (χ0v) is 10.6. The van der Waals surface area contributed by atoms with Gasteiger partial charge in [-0.15, -0.1) is 0 Å². The van der Waals surface area contributed by atoms with E-state index in [4.69, 9.17) is 10.2 Å². The van der Waals surface area contributed by atoms with Crippen LogP contribution in [0.4, 0.5) is 4.79 Å². The Balaban J connectivity index is 1.98. The Morgan fingerprint density at radius 2 is 1.94 bits per heavy atom. The maximum atomic E-state index is 11.3. The lowest BCUT2D eigenvalue weighted by atomic mass is 10.2. The lowest BCUT2D eigenvalue weighted by Gasteiger charge is -2.16. The van der Waals surface area contributed by atoms with Gasteiger partial charge in [-0.05, 0) is 19.9 Å². The third-order valence-corrected chi connectivity index (χ3v) is 2.91. The van der Waals surface area contributed by atoms with Crippen molar-refractivity contribution in [1.29, 1.82) is 0 Å². The van der Waals surface area contributed by atoms with E-state index in [1.165, 1.54) is 12.8 Å². The Morgan fingerprint density at radius 3 is 2.50 bits per heavy atom. The molecule has 4 N–H and O–H groups in total. The summed E-state index contributed by atoms with van der Waals surface area (Å²) in [5.41, 5.74) is 0. The highest BCUT2D eigenvalue weighted by atomic mass is 16.4. The predicted molar refractivity (Wildman–Crippen MR) is 65.3 cm³/mol. The topological polar surface area (TPSA) is 102 Å². The van der Waals surface area contributed by atoms with E-state index in [0.717, 1.165) is 6.54 Å². The molecule has 0 spiro atoms. The molecule has 7 nitrogen and oxygen atoms in total. The Bertz CT molecular complexity index is 294. The lowest BCUT2D eigenvalue weighted by molar-refractivity contribution is -0.146. The van der Waals surface area contributed by atoms with E-state index in [0.29, 0.717) is 12.6 Å². The van der Waals surface area contributed by atoms with Gasteiger partial charge in [0.15, 0.2) is 6.10 Å². The fourth-order valence-electron chi connectivity index (χ4n) is 1.55. The number of nitrogens with zero attached hydrogens (tertiary/aromatic N) is 1. The Labute approximate surface area is 106 Å². The minimum Gasteiger partial charge on any atom is -0.479 e. The van der Waals surface area contributed by atoms with Gasteiger partial charge in [-0.1, -0.05) is 0 Å². The van der Waals surface area contributed by atoms with Crippen LogP contribution in [0.15, 0.2) is 0 Å². The molecular formula is C11H21N3O4. The molecule has 0 heterocycles. The molecule has 1 fully saturated rings. The molecule has 0 aromatic carbocycles. The summed E-state index contributed by atoms with van der Waals surface area (Å²) in [7, 11) is 2.03. The summed E-state index contributed by atoms with van der Waals surface area (Å²) in [6, 6.07) is 0.331. The van der Waals surface area contributed by atoms with Crippen LogP contribution in [-0.4, -0.2) is 65.9 Å². The van der Waals surface area contributed by atoms with Gasteiger partial charge in [0.05, 0.1) is 0 Å². The van der Waals surface area contributed by atoms with Crippen molar-refractivity contribution in [3.8, 4) is 0 Å². The van der Waals surface area contributed by atoms with E-state index in [2.05, 4.69) is 15.5 Å². The van der Waals surface area contributed by atoms with Crippen molar-refractivity contribution < 1.29 is 19.8 Å². The zero-order chi connectivity index (χ0) is 13.5. The number of carbonyl (C=O) groups excluding carboxylic acids is 1. The van der Waals surface area contributed by atoms with Crippen LogP contribution < -0.4 is 10.6 Å². The number of likely N-dealkylation sites (N-methyl/N-ethyl adjacent to an activating group) is 1. The first-order valence-corrected chi connectivity index (χ1v) is 6.13. The first-order valence-electron chi connectivity index (χ1n) is 6.13. The van der Waals surface area contributed by atoms with Gasteiger partial charge in [0.25, 0.3) is 0 Å². The standard InChI is InChI=1S/C11H21N3O4/c1-14(8-2-3-8)7-6-13-11(18)12-5-4-9(15)10(16)17/h8-9,15H,2-7H2,1H3,(H,16,17)(H2,12,13,18). The highest BCUT2D eigenvalue weighted by Gasteiger charge is 2.25. The minimum atomic E-state index is -1.42. The number of nitrogens with one attached hydrogen (secondary N) is 2. The number of hydrogen-bond acceptors (Lipinski definition) is 4. The van der Waals surface area contributed by atoms with Crippen molar-refractivity contribution in [2.45, 2.75) is 31.4 Å². The second-order valence-corrected chi connectivity index (χ2v) is 4.54. The highest BCUT2D eigenvalue weighted by Crippen LogP contribution is 2.24. The quantitative estimate of drug-likeness (QED) is 0.458. The second kappa shape index (κ2) is 7.17. The zero-order valence-electron chi connectivity index (χ0n) is 10.6. The summed E-state index contributed by atoms with van der Waals surface area (Å²) in [6.45, 7) is 1.49. The minimum absolute atomic E-state index is 0.00469. The molecule has 104 valence electrons. The molecule has 0 saturated heterocycles. The van der Waals surface area contributed by atoms with Crippen LogP contribution in [0, 0.1) is 0 Å². The number of aliphatic hydroxyl groups excluding tert-OH is 1. The lowest BCUT2D eigenvalue weighted by Crippen LogP contribution is -2.41. The largest absolute Gasteiger partial charge is 0.479 e. The van der Waals surface area contributed by atoms with Gasteiger partial charge >= 0.3 is 12.0 Å². The summed E-state index contributed by atoms with van der Waals surface area (Å²) in [5.74, 6) is -1.27. The number of hydrogen-bond donors (Lipinski definition) is 4. The Kier molecular flexibility index (Phi) is 5.87. The molecule has 0 radical (unpaired) electrons. The van der Waals surface area contributed by atoms with E-state index in [1.807, 2.05) is 7.05 Å². The normalized spacial score (nSPS) is 16.4. The maximum absolute atomic E-state index is 11.3. The number of carboxylic acid groups (broad SMARTS) is 1. The summed E-state index contributed by atoms with van der Waals surface area (Å²) in [6.07, 6.45) is 1.04. The number of carbonyl (C=O) groups is 2. The van der Waals surface area contributed by atoms with Crippen molar-refractivity contribution in [3.05, 3.63) is 0 Å². The molecule has 1 unspecified atom stereocenters. The van der Waals surface area contributed by atoms with Crippen LogP contribution in [0.2, 0.25) is 0 Å². The third-order valence-electron chi connectivity index (χ3n) is 2.91. The van der Waals surface area contributed by atoms with Crippen LogP contribution >= 0.6 is 0 Å². The van der Waals surface area contributed by atoms with E-state index >= 15 is 0 Å². The average molecular weight is 259 g/mol. The van der Waals surface area contributed by atoms with E-state index in [1.54, 1.807) is 0 Å². The van der Waals surface area contributed by atoms with E-state index in [9.17, 15) is 9.59 Å². The monoisotopic (exact) mass is 259 g/mol. The summed E-state index contributed by atoms with van der Waals surface area (Å²) in [4.78, 5) is 23.8. The smallest absolute Gasteiger partial charge is 0.332 e. The molecule has 2 amide bonds. The molecule has 1 atom stereocenters. The van der Waals surface area contributed by atoms with Gasteiger partial charge < -0.3 is 25.7 Å². The van der Waals surface area contributed by atoms with Gasteiger partial charge in [-0.2, -0.15) is 0 Å². The molecule has 1 rings (SSSR count). The molecular weight excluding hydrogens is 238 g/mol. The van der Waals surface area contributed by atoms with Crippen molar-refractivity contribution >= 4 is 12.0 Å². The molecule has 7 heteroatoms. The number of amides is 2. The highest BCUT2D eigenvalue weighted by molar-refractivity contribution is 5.74. The van der Waals surface area contributed by atoms with E-state index in [-0.39, 0.29) is 19.0 Å². The number of rotatable bonds is 8. The molecule has 0 aromatic rings. The molecule has 1 saturated carbocycles. The van der Waals surface area contributed by atoms with E-state index < -0.39 is 12.1 Å². The van der Waals surface area contributed by atoms with Crippen LogP contribution in [0.25, 0.3) is 0 Å². The fraction of sp³-hybridized carbons (Fsp3) is 0.818. The third kappa shape index (κ3) is 5.83. The Hall–Kier alpha value is -1.34. The second-order valence-electron chi connectivity index (χ2n) is 4.54. The van der Waals surface area contributed by atoms with Crippen LogP contribution in [0.5, 0.6) is 0 Å². The van der Waals surface area contributed by atoms with Gasteiger partial charge in [0.2, 0.25) is 0 Å². The number of urea groups is 1. The first kappa shape index (κ1) is 14.7. The average Bonchev–Trinajstić information content (AvgIpc) is 3.12. The number of aliphatic carboxylic acids is 1. The van der Waals surface area contributed by atoms with Crippen molar-refractivity contribution in [2.75, 3.05) is 26.7 Å². The molecule has 0 aliphatic heterocycles. The van der Waals surface area contributed by atoms with Gasteiger partial charge in [-0.3, -0.25) is 0 Å². The van der Waals surface area contributed by atoms with Crippen LogP contribution in [-0.2, 0) is 4.79 Å². The SMILES string of the molecule is CN(CCNC(=O)NCCC(O)C(=O)O)C1CC1. The number of aliphatic hydroxyl groups is 1. The molecule has 18 heavy (non-hydrogen) atoms.